The Morgan fingerprint density at radius 1 is 1.31 bits per heavy atom. The number of aryl methyl sites for hydroxylation is 1. The van der Waals surface area contributed by atoms with Crippen LogP contribution in [0.25, 0.3) is 0 Å². The normalized spacial score (nSPS) is 21.4. The first-order valence-electron chi connectivity index (χ1n) is 5.39. The molecule has 16 heavy (non-hydrogen) atoms. The van der Waals surface area contributed by atoms with Gasteiger partial charge in [-0.25, -0.2) is 0 Å². The highest BCUT2D eigenvalue weighted by atomic mass is 19.4. The molecule has 1 nitrogen and oxygen atoms in total. The van der Waals surface area contributed by atoms with Crippen LogP contribution in [0.1, 0.15) is 35.6 Å². The zero-order chi connectivity index (χ0) is 11.8. The van der Waals surface area contributed by atoms with E-state index in [-0.39, 0.29) is 11.6 Å². The molecule has 1 saturated heterocycles. The molecule has 1 aliphatic rings. The smallest absolute Gasteiger partial charge is 0.310 e. The third-order valence-corrected chi connectivity index (χ3v) is 3.03. The van der Waals surface area contributed by atoms with Gasteiger partial charge in [0.15, 0.2) is 0 Å². The SMILES string of the molecule is Cc1ccc(C2CCCN2)cc1C(F)(F)F. The fraction of sp³-hybridized carbons (Fsp3) is 0.500. The Balaban J connectivity index is 2.35. The average Bonchev–Trinajstić information content (AvgIpc) is 2.69. The van der Waals surface area contributed by atoms with Crippen LogP contribution in [-0.2, 0) is 6.18 Å². The third kappa shape index (κ3) is 2.21. The average molecular weight is 229 g/mol. The Labute approximate surface area is 92.7 Å². The van der Waals surface area contributed by atoms with Crippen molar-refractivity contribution < 1.29 is 13.2 Å². The van der Waals surface area contributed by atoms with Gasteiger partial charge >= 0.3 is 6.18 Å². The highest BCUT2D eigenvalue weighted by Crippen LogP contribution is 2.34. The third-order valence-electron chi connectivity index (χ3n) is 3.03. The molecule has 1 aromatic rings. The molecule has 0 amide bonds. The minimum absolute atomic E-state index is 0.0849. The van der Waals surface area contributed by atoms with Crippen molar-refractivity contribution in [2.45, 2.75) is 32.0 Å². The van der Waals surface area contributed by atoms with Crippen LogP contribution in [0.5, 0.6) is 0 Å². The van der Waals surface area contributed by atoms with Gasteiger partial charge in [0, 0.05) is 6.04 Å². The maximum absolute atomic E-state index is 12.7. The van der Waals surface area contributed by atoms with Gasteiger partial charge in [-0.3, -0.25) is 0 Å². The van der Waals surface area contributed by atoms with Gasteiger partial charge in [0.1, 0.15) is 0 Å². The van der Waals surface area contributed by atoms with Gasteiger partial charge < -0.3 is 5.32 Å². The lowest BCUT2D eigenvalue weighted by atomic mass is 9.99. The predicted molar refractivity (Wildman–Crippen MR) is 56.2 cm³/mol. The Hall–Kier alpha value is -1.03. The summed E-state index contributed by atoms with van der Waals surface area (Å²) < 4.78 is 38.1. The summed E-state index contributed by atoms with van der Waals surface area (Å²) in [5.74, 6) is 0. The Bertz CT molecular complexity index is 378. The number of nitrogens with one attached hydrogen (secondary N) is 1. The fourth-order valence-corrected chi connectivity index (χ4v) is 2.13. The van der Waals surface area contributed by atoms with Gasteiger partial charge in [-0.1, -0.05) is 12.1 Å². The van der Waals surface area contributed by atoms with Gasteiger partial charge in [0.25, 0.3) is 0 Å². The molecule has 1 N–H and O–H groups in total. The Morgan fingerprint density at radius 3 is 2.62 bits per heavy atom. The standard InChI is InChI=1S/C12H14F3N/c1-8-4-5-9(11-3-2-6-16-11)7-10(8)12(13,14)15/h4-5,7,11,16H,2-3,6H2,1H3. The lowest BCUT2D eigenvalue weighted by Crippen LogP contribution is -2.15. The second-order valence-corrected chi connectivity index (χ2v) is 4.22. The van der Waals surface area contributed by atoms with E-state index < -0.39 is 11.7 Å². The van der Waals surface area contributed by atoms with Crippen LogP contribution in [0.15, 0.2) is 18.2 Å². The van der Waals surface area contributed by atoms with E-state index in [0.717, 1.165) is 24.9 Å². The first kappa shape index (κ1) is 11.5. The number of rotatable bonds is 1. The van der Waals surface area contributed by atoms with E-state index in [0.29, 0.717) is 0 Å². The van der Waals surface area contributed by atoms with Crippen molar-refractivity contribution in [3.8, 4) is 0 Å². The minimum Gasteiger partial charge on any atom is -0.310 e. The molecule has 1 aromatic carbocycles. The number of hydrogen-bond donors (Lipinski definition) is 1. The van der Waals surface area contributed by atoms with Gasteiger partial charge in [0.2, 0.25) is 0 Å². The molecule has 0 aromatic heterocycles. The number of benzene rings is 1. The first-order valence-corrected chi connectivity index (χ1v) is 5.39. The maximum Gasteiger partial charge on any atom is 0.416 e. The molecule has 0 aliphatic carbocycles. The van der Waals surface area contributed by atoms with Crippen LogP contribution in [-0.4, -0.2) is 6.54 Å². The first-order chi connectivity index (χ1) is 7.48. The van der Waals surface area contributed by atoms with E-state index in [9.17, 15) is 13.2 Å². The Morgan fingerprint density at radius 2 is 2.06 bits per heavy atom. The van der Waals surface area contributed by atoms with Crippen LogP contribution in [0.2, 0.25) is 0 Å². The summed E-state index contributed by atoms with van der Waals surface area (Å²) in [5, 5.41) is 3.20. The van der Waals surface area contributed by atoms with E-state index in [2.05, 4.69) is 5.32 Å². The molecule has 1 fully saturated rings. The monoisotopic (exact) mass is 229 g/mol. The van der Waals surface area contributed by atoms with E-state index in [1.54, 1.807) is 12.1 Å². The fourth-order valence-electron chi connectivity index (χ4n) is 2.13. The molecule has 4 heteroatoms. The van der Waals surface area contributed by atoms with Gasteiger partial charge in [-0.2, -0.15) is 13.2 Å². The second-order valence-electron chi connectivity index (χ2n) is 4.22. The molecular weight excluding hydrogens is 215 g/mol. The minimum atomic E-state index is -4.25. The van der Waals surface area contributed by atoms with Crippen LogP contribution in [0, 0.1) is 6.92 Å². The molecule has 1 heterocycles. The van der Waals surface area contributed by atoms with Gasteiger partial charge in [-0.15, -0.1) is 0 Å². The zero-order valence-electron chi connectivity index (χ0n) is 9.06. The molecule has 88 valence electrons. The molecular formula is C12H14F3N. The van der Waals surface area contributed by atoms with Crippen molar-refractivity contribution in [1.29, 1.82) is 0 Å². The Kier molecular flexibility index (Phi) is 2.93. The summed E-state index contributed by atoms with van der Waals surface area (Å²) in [4.78, 5) is 0. The largest absolute Gasteiger partial charge is 0.416 e. The molecule has 0 radical (unpaired) electrons. The van der Waals surface area contributed by atoms with Crippen LogP contribution in [0.4, 0.5) is 13.2 Å². The summed E-state index contributed by atoms with van der Waals surface area (Å²) in [6.45, 7) is 2.38. The maximum atomic E-state index is 12.7. The lowest BCUT2D eigenvalue weighted by molar-refractivity contribution is -0.138. The summed E-state index contributed by atoms with van der Waals surface area (Å²) in [5.41, 5.74) is 0.517. The lowest BCUT2D eigenvalue weighted by Gasteiger charge is -2.15. The van der Waals surface area contributed by atoms with Crippen molar-refractivity contribution in [2.24, 2.45) is 0 Å². The van der Waals surface area contributed by atoms with Crippen molar-refractivity contribution in [2.75, 3.05) is 6.54 Å². The summed E-state index contributed by atoms with van der Waals surface area (Å²) >= 11 is 0. The molecule has 0 spiro atoms. The molecule has 1 unspecified atom stereocenters. The number of halogens is 3. The molecule has 0 bridgehead atoms. The van der Waals surface area contributed by atoms with Crippen LogP contribution < -0.4 is 5.32 Å². The van der Waals surface area contributed by atoms with Crippen molar-refractivity contribution >= 4 is 0 Å². The van der Waals surface area contributed by atoms with Crippen molar-refractivity contribution in [1.82, 2.24) is 5.32 Å². The molecule has 1 atom stereocenters. The summed E-state index contributed by atoms with van der Waals surface area (Å²) in [6, 6.07) is 4.70. The summed E-state index contributed by atoms with van der Waals surface area (Å²) in [7, 11) is 0. The zero-order valence-corrected chi connectivity index (χ0v) is 9.06. The van der Waals surface area contributed by atoms with Crippen LogP contribution in [0.3, 0.4) is 0 Å². The number of hydrogen-bond acceptors (Lipinski definition) is 1. The summed E-state index contributed by atoms with van der Waals surface area (Å²) in [6.07, 6.45) is -2.31. The second kappa shape index (κ2) is 4.09. The highest BCUT2D eigenvalue weighted by Gasteiger charge is 2.33. The number of alkyl halides is 3. The topological polar surface area (TPSA) is 12.0 Å². The van der Waals surface area contributed by atoms with Gasteiger partial charge in [0.05, 0.1) is 5.56 Å². The van der Waals surface area contributed by atoms with E-state index in [1.807, 2.05) is 0 Å². The molecule has 1 aliphatic heterocycles. The predicted octanol–water partition coefficient (Wildman–Crippen LogP) is 3.44. The molecule has 2 rings (SSSR count). The molecule has 0 saturated carbocycles. The van der Waals surface area contributed by atoms with E-state index in [4.69, 9.17) is 0 Å². The highest BCUT2D eigenvalue weighted by molar-refractivity contribution is 5.35. The quantitative estimate of drug-likeness (QED) is 0.777. The van der Waals surface area contributed by atoms with E-state index >= 15 is 0 Å². The van der Waals surface area contributed by atoms with Crippen LogP contribution >= 0.6 is 0 Å². The van der Waals surface area contributed by atoms with Crippen molar-refractivity contribution in [3.63, 3.8) is 0 Å². The van der Waals surface area contributed by atoms with E-state index in [1.165, 1.54) is 13.0 Å². The van der Waals surface area contributed by atoms with Gasteiger partial charge in [-0.05, 0) is 43.5 Å². The van der Waals surface area contributed by atoms with Crippen molar-refractivity contribution in [3.05, 3.63) is 34.9 Å².